The minimum absolute atomic E-state index is 0.0919. The number of hydrogen-bond donors (Lipinski definition) is 2. The fourth-order valence-electron chi connectivity index (χ4n) is 3.66. The van der Waals surface area contributed by atoms with E-state index in [1.54, 1.807) is 0 Å². The van der Waals surface area contributed by atoms with E-state index in [-0.39, 0.29) is 12.0 Å². The van der Waals surface area contributed by atoms with E-state index in [1.807, 2.05) is 12.1 Å². The maximum Gasteiger partial charge on any atom is 0.224 e. The van der Waals surface area contributed by atoms with Gasteiger partial charge in [-0.3, -0.25) is 4.79 Å². The van der Waals surface area contributed by atoms with Crippen molar-refractivity contribution in [2.45, 2.75) is 63.9 Å². The summed E-state index contributed by atoms with van der Waals surface area (Å²) in [5.74, 6) is 0.757. The van der Waals surface area contributed by atoms with Gasteiger partial charge in [-0.2, -0.15) is 0 Å². The third-order valence-corrected chi connectivity index (χ3v) is 4.94. The van der Waals surface area contributed by atoms with Crippen LogP contribution in [0.4, 0.5) is 5.69 Å². The van der Waals surface area contributed by atoms with Gasteiger partial charge in [0.15, 0.2) is 0 Å². The minimum atomic E-state index is -0.365. The predicted octanol–water partition coefficient (Wildman–Crippen LogP) is 3.97. The van der Waals surface area contributed by atoms with Crippen LogP contribution in [0, 0.1) is 5.92 Å². The lowest BCUT2D eigenvalue weighted by atomic mass is 9.89. The van der Waals surface area contributed by atoms with Gasteiger partial charge in [-0.15, -0.1) is 0 Å². The second-order valence-electron chi connectivity index (χ2n) is 6.57. The Morgan fingerprint density at radius 1 is 1.14 bits per heavy atom. The highest BCUT2D eigenvalue weighted by Gasteiger charge is 2.20. The SMILES string of the molecule is O=C1CCc2cc(C(O)CC3CCCCCC3)ccc2N1. The lowest BCUT2D eigenvalue weighted by Crippen LogP contribution is -2.19. The molecule has 1 heterocycles. The van der Waals surface area contributed by atoms with Crippen molar-refractivity contribution in [2.24, 2.45) is 5.92 Å². The molecule has 1 aliphatic carbocycles. The van der Waals surface area contributed by atoms with Crippen LogP contribution in [0.3, 0.4) is 0 Å². The Bertz CT molecular complexity index is 504. The van der Waals surface area contributed by atoms with Gasteiger partial charge in [-0.1, -0.05) is 50.7 Å². The maximum atomic E-state index is 11.4. The second-order valence-corrected chi connectivity index (χ2v) is 6.57. The Balaban J connectivity index is 1.67. The molecule has 0 spiro atoms. The molecule has 1 unspecified atom stereocenters. The normalized spacial score (nSPS) is 21.3. The monoisotopic (exact) mass is 287 g/mol. The zero-order valence-electron chi connectivity index (χ0n) is 12.6. The molecule has 1 aromatic carbocycles. The summed E-state index contributed by atoms with van der Waals surface area (Å²) in [6.07, 6.45) is 9.70. The van der Waals surface area contributed by atoms with Crippen LogP contribution in [0.15, 0.2) is 18.2 Å². The molecule has 1 saturated carbocycles. The van der Waals surface area contributed by atoms with Crippen LogP contribution in [-0.4, -0.2) is 11.0 Å². The van der Waals surface area contributed by atoms with Gasteiger partial charge >= 0.3 is 0 Å². The first kappa shape index (κ1) is 14.6. The average molecular weight is 287 g/mol. The van der Waals surface area contributed by atoms with Crippen molar-refractivity contribution in [1.82, 2.24) is 0 Å². The second kappa shape index (κ2) is 6.61. The van der Waals surface area contributed by atoms with Crippen LogP contribution in [0.1, 0.15) is 68.6 Å². The Morgan fingerprint density at radius 3 is 2.67 bits per heavy atom. The molecular formula is C18H25NO2. The molecule has 0 aromatic heterocycles. The third kappa shape index (κ3) is 3.65. The van der Waals surface area contributed by atoms with Crippen molar-refractivity contribution < 1.29 is 9.90 Å². The third-order valence-electron chi connectivity index (χ3n) is 4.94. The summed E-state index contributed by atoms with van der Waals surface area (Å²) in [6.45, 7) is 0. The zero-order valence-corrected chi connectivity index (χ0v) is 12.6. The Kier molecular flexibility index (Phi) is 4.59. The molecule has 2 aliphatic rings. The highest BCUT2D eigenvalue weighted by molar-refractivity contribution is 5.93. The first-order valence-corrected chi connectivity index (χ1v) is 8.33. The van der Waals surface area contributed by atoms with E-state index in [0.717, 1.165) is 29.7 Å². The van der Waals surface area contributed by atoms with Crippen LogP contribution < -0.4 is 5.32 Å². The molecule has 114 valence electrons. The van der Waals surface area contributed by atoms with Gasteiger partial charge in [-0.05, 0) is 36.0 Å². The van der Waals surface area contributed by atoms with Crippen molar-refractivity contribution >= 4 is 11.6 Å². The molecule has 1 aromatic rings. The highest BCUT2D eigenvalue weighted by atomic mass is 16.3. The van der Waals surface area contributed by atoms with Crippen LogP contribution in [0.5, 0.6) is 0 Å². The van der Waals surface area contributed by atoms with Crippen LogP contribution in [0.2, 0.25) is 0 Å². The van der Waals surface area contributed by atoms with E-state index in [1.165, 1.54) is 38.5 Å². The van der Waals surface area contributed by atoms with Crippen LogP contribution in [-0.2, 0) is 11.2 Å². The lowest BCUT2D eigenvalue weighted by Gasteiger charge is -2.22. The molecule has 1 atom stereocenters. The summed E-state index contributed by atoms with van der Waals surface area (Å²) in [5.41, 5.74) is 3.08. The standard InChI is InChI=1S/C18H25NO2/c20-17(11-13-5-3-1-2-4-6-13)15-7-9-16-14(12-15)8-10-18(21)19-16/h7,9,12-13,17,20H,1-6,8,10-11H2,(H,19,21). The van der Waals surface area contributed by atoms with Gasteiger partial charge in [0.25, 0.3) is 0 Å². The summed E-state index contributed by atoms with van der Waals surface area (Å²) in [5, 5.41) is 13.4. The van der Waals surface area contributed by atoms with Crippen LogP contribution >= 0.6 is 0 Å². The average Bonchev–Trinajstić information content (AvgIpc) is 2.75. The molecule has 1 aliphatic heterocycles. The zero-order chi connectivity index (χ0) is 14.7. The summed E-state index contributed by atoms with van der Waals surface area (Å²) in [7, 11) is 0. The fourth-order valence-corrected chi connectivity index (χ4v) is 3.66. The molecular weight excluding hydrogens is 262 g/mol. The first-order chi connectivity index (χ1) is 10.2. The van der Waals surface area contributed by atoms with Gasteiger partial charge in [0.2, 0.25) is 5.91 Å². The number of carbonyl (C=O) groups is 1. The number of carbonyl (C=O) groups excluding carboxylic acids is 1. The molecule has 3 rings (SSSR count). The van der Waals surface area contributed by atoms with E-state index < -0.39 is 0 Å². The summed E-state index contributed by atoms with van der Waals surface area (Å²) >= 11 is 0. The Hall–Kier alpha value is -1.35. The van der Waals surface area contributed by atoms with Gasteiger partial charge in [0, 0.05) is 12.1 Å². The van der Waals surface area contributed by atoms with E-state index >= 15 is 0 Å². The van der Waals surface area contributed by atoms with Gasteiger partial charge in [0.1, 0.15) is 0 Å². The van der Waals surface area contributed by atoms with Gasteiger partial charge in [0.05, 0.1) is 6.10 Å². The quantitative estimate of drug-likeness (QED) is 0.827. The highest BCUT2D eigenvalue weighted by Crippen LogP contribution is 2.33. The molecule has 0 saturated heterocycles. The Labute approximate surface area is 126 Å². The molecule has 1 amide bonds. The number of benzene rings is 1. The van der Waals surface area contributed by atoms with Crippen LogP contribution in [0.25, 0.3) is 0 Å². The first-order valence-electron chi connectivity index (χ1n) is 8.33. The summed E-state index contributed by atoms with van der Waals surface area (Å²) < 4.78 is 0. The summed E-state index contributed by atoms with van der Waals surface area (Å²) in [4.78, 5) is 11.4. The molecule has 21 heavy (non-hydrogen) atoms. The number of anilines is 1. The molecule has 0 radical (unpaired) electrons. The van der Waals surface area contributed by atoms with Gasteiger partial charge in [-0.25, -0.2) is 0 Å². The number of aliphatic hydroxyl groups excluding tert-OH is 1. The van der Waals surface area contributed by atoms with Crippen molar-refractivity contribution in [3.8, 4) is 0 Å². The molecule has 2 N–H and O–H groups in total. The van der Waals surface area contributed by atoms with E-state index in [9.17, 15) is 9.90 Å². The fraction of sp³-hybridized carbons (Fsp3) is 0.611. The molecule has 0 bridgehead atoms. The number of hydrogen-bond acceptors (Lipinski definition) is 2. The Morgan fingerprint density at radius 2 is 1.90 bits per heavy atom. The van der Waals surface area contributed by atoms with Crippen molar-refractivity contribution in [2.75, 3.05) is 5.32 Å². The van der Waals surface area contributed by atoms with E-state index in [0.29, 0.717) is 12.3 Å². The smallest absolute Gasteiger partial charge is 0.224 e. The minimum Gasteiger partial charge on any atom is -0.388 e. The molecule has 1 fully saturated rings. The number of rotatable bonds is 3. The number of amides is 1. The summed E-state index contributed by atoms with van der Waals surface area (Å²) in [6, 6.07) is 5.99. The molecule has 3 heteroatoms. The van der Waals surface area contributed by atoms with Crippen molar-refractivity contribution in [3.05, 3.63) is 29.3 Å². The topological polar surface area (TPSA) is 49.3 Å². The van der Waals surface area contributed by atoms with Crippen molar-refractivity contribution in [1.29, 1.82) is 0 Å². The lowest BCUT2D eigenvalue weighted by molar-refractivity contribution is -0.116. The number of aliphatic hydroxyl groups is 1. The van der Waals surface area contributed by atoms with E-state index in [2.05, 4.69) is 11.4 Å². The molecule has 3 nitrogen and oxygen atoms in total. The number of fused-ring (bicyclic) bond motifs is 1. The number of aryl methyl sites for hydroxylation is 1. The maximum absolute atomic E-state index is 11.4. The van der Waals surface area contributed by atoms with Crippen molar-refractivity contribution in [3.63, 3.8) is 0 Å². The van der Waals surface area contributed by atoms with E-state index in [4.69, 9.17) is 0 Å². The largest absolute Gasteiger partial charge is 0.388 e. The van der Waals surface area contributed by atoms with Gasteiger partial charge < -0.3 is 10.4 Å². The predicted molar refractivity (Wildman–Crippen MR) is 84.2 cm³/mol. The number of nitrogens with one attached hydrogen (secondary N) is 1.